The first-order valence-electron chi connectivity index (χ1n) is 8.26. The number of carbonyl (C=O) groups excluding carboxylic acids is 1. The number of rotatable bonds is 6. The van der Waals surface area contributed by atoms with Crippen LogP contribution < -0.4 is 5.32 Å². The maximum absolute atomic E-state index is 12.3. The van der Waals surface area contributed by atoms with Crippen molar-refractivity contribution >= 4 is 5.91 Å². The summed E-state index contributed by atoms with van der Waals surface area (Å²) in [7, 11) is 0. The van der Waals surface area contributed by atoms with E-state index in [-0.39, 0.29) is 5.91 Å². The maximum Gasteiger partial charge on any atom is 0.251 e. The fraction of sp³-hybridized carbons (Fsp3) is 0.263. The van der Waals surface area contributed by atoms with Gasteiger partial charge in [0.25, 0.3) is 5.91 Å². The van der Waals surface area contributed by atoms with Gasteiger partial charge >= 0.3 is 0 Å². The van der Waals surface area contributed by atoms with Gasteiger partial charge in [0, 0.05) is 23.5 Å². The highest BCUT2D eigenvalue weighted by Crippen LogP contribution is 2.06. The Hall–Kier alpha value is -3.02. The van der Waals surface area contributed by atoms with Gasteiger partial charge in [-0.05, 0) is 38.0 Å². The van der Waals surface area contributed by atoms with E-state index in [0.717, 1.165) is 30.2 Å². The zero-order chi connectivity index (χ0) is 17.6. The van der Waals surface area contributed by atoms with Crippen LogP contribution in [0.15, 0.2) is 48.8 Å². The maximum atomic E-state index is 12.3. The highest BCUT2D eigenvalue weighted by Gasteiger charge is 2.10. The third-order valence-electron chi connectivity index (χ3n) is 3.93. The van der Waals surface area contributed by atoms with Crippen LogP contribution in [0.25, 0.3) is 0 Å². The summed E-state index contributed by atoms with van der Waals surface area (Å²) < 4.78 is 1.97. The molecule has 1 N–H and O–H groups in total. The van der Waals surface area contributed by atoms with E-state index in [1.807, 2.05) is 36.6 Å². The van der Waals surface area contributed by atoms with E-state index in [1.165, 1.54) is 5.56 Å². The Kier molecular flexibility index (Phi) is 5.18. The van der Waals surface area contributed by atoms with Crippen molar-refractivity contribution in [1.82, 2.24) is 25.1 Å². The second-order valence-electron chi connectivity index (χ2n) is 6.00. The minimum atomic E-state index is -0.133. The van der Waals surface area contributed by atoms with E-state index >= 15 is 0 Å². The summed E-state index contributed by atoms with van der Waals surface area (Å²) in [5.41, 5.74) is 3.53. The lowest BCUT2D eigenvalue weighted by atomic mass is 10.1. The highest BCUT2D eigenvalue weighted by atomic mass is 16.1. The third-order valence-corrected chi connectivity index (χ3v) is 3.93. The van der Waals surface area contributed by atoms with Crippen LogP contribution in [-0.4, -0.2) is 25.7 Å². The van der Waals surface area contributed by atoms with Gasteiger partial charge < -0.3 is 9.88 Å². The number of nitrogens with one attached hydrogen (secondary N) is 1. The van der Waals surface area contributed by atoms with Crippen molar-refractivity contribution in [3.05, 3.63) is 77.1 Å². The lowest BCUT2D eigenvalue weighted by Gasteiger charge is -2.09. The molecule has 1 amide bonds. The molecule has 6 heteroatoms. The van der Waals surface area contributed by atoms with Gasteiger partial charge in [0.2, 0.25) is 0 Å². The van der Waals surface area contributed by atoms with E-state index in [9.17, 15) is 4.79 Å². The molecule has 1 aromatic carbocycles. The number of aromatic nitrogens is 4. The summed E-state index contributed by atoms with van der Waals surface area (Å²) in [6.07, 6.45) is 2.59. The monoisotopic (exact) mass is 335 g/mol. The van der Waals surface area contributed by atoms with Crippen molar-refractivity contribution in [2.45, 2.75) is 33.4 Å². The summed E-state index contributed by atoms with van der Waals surface area (Å²) in [6.45, 7) is 4.87. The number of pyridine rings is 1. The average Bonchev–Trinajstić information content (AvgIpc) is 3.05. The van der Waals surface area contributed by atoms with Gasteiger partial charge in [-0.25, -0.2) is 0 Å². The number of nitrogens with zero attached hydrogens (tertiary/aromatic N) is 4. The molecule has 0 spiro atoms. The SMILES string of the molecule is Cc1cc(C(=O)NCc2nncn2CCc2ccccc2)cc(C)n1. The van der Waals surface area contributed by atoms with Crippen molar-refractivity contribution in [1.29, 1.82) is 0 Å². The van der Waals surface area contributed by atoms with E-state index in [1.54, 1.807) is 18.5 Å². The molecule has 0 unspecified atom stereocenters. The fourth-order valence-electron chi connectivity index (χ4n) is 2.72. The van der Waals surface area contributed by atoms with E-state index in [4.69, 9.17) is 0 Å². The predicted octanol–water partition coefficient (Wildman–Crippen LogP) is 2.46. The van der Waals surface area contributed by atoms with Crippen LogP contribution in [0.4, 0.5) is 0 Å². The zero-order valence-electron chi connectivity index (χ0n) is 14.4. The number of aryl methyl sites for hydroxylation is 4. The molecule has 0 aliphatic rings. The lowest BCUT2D eigenvalue weighted by molar-refractivity contribution is 0.0949. The molecule has 0 radical (unpaired) electrons. The van der Waals surface area contributed by atoms with Crippen LogP contribution in [0.1, 0.15) is 33.1 Å². The van der Waals surface area contributed by atoms with E-state index < -0.39 is 0 Å². The summed E-state index contributed by atoms with van der Waals surface area (Å²) in [5.74, 6) is 0.609. The first-order valence-corrected chi connectivity index (χ1v) is 8.26. The predicted molar refractivity (Wildman–Crippen MR) is 95.0 cm³/mol. The van der Waals surface area contributed by atoms with Gasteiger partial charge in [-0.2, -0.15) is 0 Å². The number of carbonyl (C=O) groups is 1. The van der Waals surface area contributed by atoms with E-state index in [2.05, 4.69) is 32.6 Å². The quantitative estimate of drug-likeness (QED) is 0.751. The molecule has 25 heavy (non-hydrogen) atoms. The van der Waals surface area contributed by atoms with Crippen molar-refractivity contribution < 1.29 is 4.79 Å². The molecule has 0 saturated heterocycles. The van der Waals surface area contributed by atoms with Crippen molar-refractivity contribution in [3.8, 4) is 0 Å². The Morgan fingerprint density at radius 1 is 1.12 bits per heavy atom. The Bertz CT molecular complexity index is 837. The smallest absolute Gasteiger partial charge is 0.251 e. The molecular formula is C19H21N5O. The van der Waals surface area contributed by atoms with Crippen LogP contribution in [0, 0.1) is 13.8 Å². The Labute approximate surface area is 146 Å². The molecule has 0 aliphatic heterocycles. The molecular weight excluding hydrogens is 314 g/mol. The Balaban J connectivity index is 1.60. The Morgan fingerprint density at radius 3 is 2.56 bits per heavy atom. The summed E-state index contributed by atoms with van der Waals surface area (Å²) in [4.78, 5) is 16.6. The Morgan fingerprint density at radius 2 is 1.84 bits per heavy atom. The van der Waals surface area contributed by atoms with Crippen molar-refractivity contribution in [2.24, 2.45) is 0 Å². The fourth-order valence-corrected chi connectivity index (χ4v) is 2.72. The molecule has 6 nitrogen and oxygen atoms in total. The standard InChI is InChI=1S/C19H21N5O/c1-14-10-17(11-15(2)22-14)19(25)20-12-18-23-21-13-24(18)9-8-16-6-4-3-5-7-16/h3-7,10-11,13H,8-9,12H2,1-2H3,(H,20,25). The van der Waals surface area contributed by atoms with Gasteiger partial charge in [-0.3, -0.25) is 9.78 Å². The molecule has 0 fully saturated rings. The third kappa shape index (κ3) is 4.50. The second-order valence-corrected chi connectivity index (χ2v) is 6.00. The highest BCUT2D eigenvalue weighted by molar-refractivity contribution is 5.94. The number of hydrogen-bond donors (Lipinski definition) is 1. The number of benzene rings is 1. The first kappa shape index (κ1) is 16.8. The van der Waals surface area contributed by atoms with Crippen molar-refractivity contribution in [2.75, 3.05) is 0 Å². The minimum absolute atomic E-state index is 0.133. The second kappa shape index (κ2) is 7.70. The minimum Gasteiger partial charge on any atom is -0.345 e. The van der Waals surface area contributed by atoms with Crippen LogP contribution in [0.3, 0.4) is 0 Å². The molecule has 0 bridgehead atoms. The topological polar surface area (TPSA) is 72.7 Å². The van der Waals surface area contributed by atoms with Gasteiger partial charge in [0.05, 0.1) is 6.54 Å². The molecule has 0 aliphatic carbocycles. The molecule has 2 aromatic heterocycles. The van der Waals surface area contributed by atoms with Crippen LogP contribution >= 0.6 is 0 Å². The molecule has 3 rings (SSSR count). The van der Waals surface area contributed by atoms with Gasteiger partial charge in [0.15, 0.2) is 5.82 Å². The van der Waals surface area contributed by atoms with Gasteiger partial charge in [-0.1, -0.05) is 30.3 Å². The van der Waals surface area contributed by atoms with Crippen molar-refractivity contribution in [3.63, 3.8) is 0 Å². The number of amides is 1. The van der Waals surface area contributed by atoms with Gasteiger partial charge in [-0.15, -0.1) is 10.2 Å². The number of hydrogen-bond acceptors (Lipinski definition) is 4. The van der Waals surface area contributed by atoms with E-state index in [0.29, 0.717) is 12.1 Å². The first-order chi connectivity index (χ1) is 12.1. The van der Waals surface area contributed by atoms with Crippen LogP contribution in [0.5, 0.6) is 0 Å². The largest absolute Gasteiger partial charge is 0.345 e. The summed E-state index contributed by atoms with van der Waals surface area (Å²) >= 11 is 0. The molecule has 128 valence electrons. The molecule has 2 heterocycles. The molecule has 0 saturated carbocycles. The van der Waals surface area contributed by atoms with Crippen LogP contribution in [0.2, 0.25) is 0 Å². The summed E-state index contributed by atoms with van der Waals surface area (Å²) in [5, 5.41) is 11.0. The zero-order valence-corrected chi connectivity index (χ0v) is 14.4. The van der Waals surface area contributed by atoms with Gasteiger partial charge in [0.1, 0.15) is 6.33 Å². The van der Waals surface area contributed by atoms with Crippen LogP contribution in [-0.2, 0) is 19.5 Å². The average molecular weight is 335 g/mol. The summed E-state index contributed by atoms with van der Waals surface area (Å²) in [6, 6.07) is 13.8. The lowest BCUT2D eigenvalue weighted by Crippen LogP contribution is -2.25. The molecule has 3 aromatic rings. The normalized spacial score (nSPS) is 10.6. The molecule has 0 atom stereocenters.